The van der Waals surface area contributed by atoms with E-state index in [4.69, 9.17) is 6.42 Å². The van der Waals surface area contributed by atoms with Crippen LogP contribution in [0.2, 0.25) is 0 Å². The van der Waals surface area contributed by atoms with Gasteiger partial charge in [-0.3, -0.25) is 0 Å². The first-order valence-electron chi connectivity index (χ1n) is 3.87. The monoisotopic (exact) mass is 171 g/mol. The molecule has 1 rings (SSSR count). The zero-order valence-electron chi connectivity index (χ0n) is 7.65. The molecule has 0 heterocycles. The van der Waals surface area contributed by atoms with Crippen molar-refractivity contribution in [2.75, 3.05) is 0 Å². The van der Waals surface area contributed by atoms with Crippen molar-refractivity contribution in [3.8, 4) is 12.3 Å². The van der Waals surface area contributed by atoms with Gasteiger partial charge in [0.1, 0.15) is 0 Å². The van der Waals surface area contributed by atoms with Gasteiger partial charge in [-0.2, -0.15) is 0 Å². The summed E-state index contributed by atoms with van der Waals surface area (Å²) in [5.74, 6) is 2.66. The molecule has 0 saturated heterocycles. The van der Waals surface area contributed by atoms with Gasteiger partial charge in [0.15, 0.2) is 0 Å². The molecule has 0 N–H and O–H groups in total. The van der Waals surface area contributed by atoms with Crippen LogP contribution in [0.5, 0.6) is 0 Å². The summed E-state index contributed by atoms with van der Waals surface area (Å²) in [6.07, 6.45) is 5.36. The van der Waals surface area contributed by atoms with Crippen LogP contribution < -0.4 is 5.19 Å². The molecule has 0 nitrogen and oxygen atoms in total. The maximum atomic E-state index is 5.36. The maximum Gasteiger partial charge on any atom is 0.0733 e. The summed E-state index contributed by atoms with van der Waals surface area (Å²) < 4.78 is 0. The normalized spacial score (nSPS) is 9.58. The molecular weight excluding hydrogens is 160 g/mol. The summed E-state index contributed by atoms with van der Waals surface area (Å²) >= 11 is 0. The van der Waals surface area contributed by atoms with Crippen LogP contribution in [0.4, 0.5) is 0 Å². The smallest absolute Gasteiger partial charge is 0.0733 e. The topological polar surface area (TPSA) is 0 Å². The van der Waals surface area contributed by atoms with Crippen LogP contribution >= 0.6 is 0 Å². The molecule has 0 unspecified atom stereocenters. The Balaban J connectivity index is 3.52. The molecule has 3 radical (unpaired) electrons. The van der Waals surface area contributed by atoms with E-state index in [-0.39, 0.29) is 0 Å². The van der Waals surface area contributed by atoms with Crippen LogP contribution in [0.3, 0.4) is 0 Å². The lowest BCUT2D eigenvalue weighted by molar-refractivity contribution is 1.28. The van der Waals surface area contributed by atoms with Crippen molar-refractivity contribution in [1.29, 1.82) is 0 Å². The molecule has 0 aromatic heterocycles. The minimum absolute atomic E-state index is 0.937. The van der Waals surface area contributed by atoms with Gasteiger partial charge < -0.3 is 0 Å². The van der Waals surface area contributed by atoms with Gasteiger partial charge in [-0.25, -0.2) is 0 Å². The molecule has 0 bridgehead atoms. The third kappa shape index (κ3) is 1.31. The summed E-state index contributed by atoms with van der Waals surface area (Å²) in [6, 6.07) is 2.03. The van der Waals surface area contributed by atoms with Gasteiger partial charge in [-0.1, -0.05) is 5.92 Å². The van der Waals surface area contributed by atoms with Gasteiger partial charge >= 0.3 is 0 Å². The highest BCUT2D eigenvalue weighted by Gasteiger charge is 2.04. The maximum absolute atomic E-state index is 5.36. The van der Waals surface area contributed by atoms with Crippen LogP contribution in [0.1, 0.15) is 22.3 Å². The SMILES string of the molecule is C#Cc1cc(C)c(C)c(C)c1[Si]. The van der Waals surface area contributed by atoms with E-state index in [0.29, 0.717) is 0 Å². The van der Waals surface area contributed by atoms with Crippen molar-refractivity contribution in [3.63, 3.8) is 0 Å². The molecule has 12 heavy (non-hydrogen) atoms. The summed E-state index contributed by atoms with van der Waals surface area (Å²) in [6.45, 7) is 6.26. The summed E-state index contributed by atoms with van der Waals surface area (Å²) in [5.41, 5.74) is 4.73. The molecule has 1 aromatic carbocycles. The first-order valence-corrected chi connectivity index (χ1v) is 4.37. The van der Waals surface area contributed by atoms with Crippen LogP contribution in [-0.2, 0) is 0 Å². The molecule has 1 heteroatoms. The number of rotatable bonds is 0. The Kier molecular flexibility index (Phi) is 2.39. The summed E-state index contributed by atoms with van der Waals surface area (Å²) in [4.78, 5) is 0. The molecule has 1 aromatic rings. The molecule has 0 atom stereocenters. The Labute approximate surface area is 77.4 Å². The van der Waals surface area contributed by atoms with Crippen molar-refractivity contribution in [3.05, 3.63) is 28.3 Å². The Bertz CT molecular complexity index is 356. The lowest BCUT2D eigenvalue weighted by Crippen LogP contribution is -2.14. The molecule has 0 aliphatic heterocycles. The minimum Gasteiger partial charge on any atom is -0.115 e. The van der Waals surface area contributed by atoms with Crippen LogP contribution in [0, 0.1) is 33.1 Å². The molecule has 0 fully saturated rings. The van der Waals surface area contributed by atoms with E-state index < -0.39 is 0 Å². The number of benzene rings is 1. The van der Waals surface area contributed by atoms with E-state index in [0.717, 1.165) is 10.8 Å². The third-order valence-corrected chi connectivity index (χ3v) is 2.96. The van der Waals surface area contributed by atoms with Gasteiger partial charge in [-0.15, -0.1) is 6.42 Å². The predicted octanol–water partition coefficient (Wildman–Crippen LogP) is 1.39. The Morgan fingerprint density at radius 3 is 2.33 bits per heavy atom. The van der Waals surface area contributed by atoms with Gasteiger partial charge in [-0.05, 0) is 48.7 Å². The van der Waals surface area contributed by atoms with Gasteiger partial charge in [0.05, 0.1) is 10.2 Å². The first kappa shape index (κ1) is 9.09. The van der Waals surface area contributed by atoms with Crippen molar-refractivity contribution < 1.29 is 0 Å². The van der Waals surface area contributed by atoms with Gasteiger partial charge in [0.2, 0.25) is 0 Å². The van der Waals surface area contributed by atoms with Crippen molar-refractivity contribution in [2.24, 2.45) is 0 Å². The highest BCUT2D eigenvalue weighted by Crippen LogP contribution is 2.11. The molecule has 0 spiro atoms. The highest BCUT2D eigenvalue weighted by molar-refractivity contribution is 6.35. The largest absolute Gasteiger partial charge is 0.115 e. The fourth-order valence-corrected chi connectivity index (χ4v) is 1.53. The van der Waals surface area contributed by atoms with E-state index >= 15 is 0 Å². The summed E-state index contributed by atoms with van der Waals surface area (Å²) in [7, 11) is 3.53. The van der Waals surface area contributed by atoms with Crippen molar-refractivity contribution in [1.82, 2.24) is 0 Å². The van der Waals surface area contributed by atoms with Gasteiger partial charge in [0, 0.05) is 5.56 Å². The second-order valence-electron chi connectivity index (χ2n) is 3.01. The fraction of sp³-hybridized carbons (Fsp3) is 0.273. The number of hydrogen-bond acceptors (Lipinski definition) is 0. The summed E-state index contributed by atoms with van der Waals surface area (Å²) in [5, 5.41) is 1.04. The second-order valence-corrected chi connectivity index (χ2v) is 3.51. The fourth-order valence-electron chi connectivity index (χ4n) is 1.20. The Morgan fingerprint density at radius 2 is 1.83 bits per heavy atom. The van der Waals surface area contributed by atoms with E-state index in [1.165, 1.54) is 16.7 Å². The standard InChI is InChI=1S/C11H11Si/c1-5-10-6-7(2)8(3)9(4)11(10)12/h1,6H,2-4H3. The van der Waals surface area contributed by atoms with Crippen LogP contribution in [-0.4, -0.2) is 10.2 Å². The van der Waals surface area contributed by atoms with E-state index in [9.17, 15) is 0 Å². The lowest BCUT2D eigenvalue weighted by atomic mass is 10.0. The number of aryl methyl sites for hydroxylation is 1. The first-order chi connectivity index (χ1) is 5.57. The molecule has 0 amide bonds. The van der Waals surface area contributed by atoms with Crippen LogP contribution in [0.15, 0.2) is 6.07 Å². The quantitative estimate of drug-likeness (QED) is 0.409. The average molecular weight is 171 g/mol. The number of hydrogen-bond donors (Lipinski definition) is 0. The zero-order valence-corrected chi connectivity index (χ0v) is 8.65. The third-order valence-electron chi connectivity index (χ3n) is 2.31. The average Bonchev–Trinajstić information content (AvgIpc) is 2.08. The minimum atomic E-state index is 0.937. The van der Waals surface area contributed by atoms with Crippen LogP contribution in [0.25, 0.3) is 0 Å². The second kappa shape index (κ2) is 3.16. The zero-order chi connectivity index (χ0) is 9.30. The lowest BCUT2D eigenvalue weighted by Gasteiger charge is -2.10. The predicted molar refractivity (Wildman–Crippen MR) is 54.0 cm³/mol. The Morgan fingerprint density at radius 1 is 1.25 bits per heavy atom. The molecular formula is C11H11Si. The van der Waals surface area contributed by atoms with E-state index in [2.05, 4.69) is 36.9 Å². The highest BCUT2D eigenvalue weighted by atomic mass is 28.1. The van der Waals surface area contributed by atoms with E-state index in [1.54, 1.807) is 0 Å². The number of terminal acetylenes is 1. The van der Waals surface area contributed by atoms with E-state index in [1.807, 2.05) is 6.07 Å². The molecule has 59 valence electrons. The van der Waals surface area contributed by atoms with Crippen molar-refractivity contribution >= 4 is 15.4 Å². The van der Waals surface area contributed by atoms with Gasteiger partial charge in [0.25, 0.3) is 0 Å². The van der Waals surface area contributed by atoms with Crippen molar-refractivity contribution in [2.45, 2.75) is 20.8 Å². The molecule has 0 aliphatic carbocycles. The molecule has 0 aliphatic rings. The Hall–Kier alpha value is -1.00. The molecule has 0 saturated carbocycles.